The van der Waals surface area contributed by atoms with Gasteiger partial charge in [-0.2, -0.15) is 0 Å². The Balaban J connectivity index is 1.26. The topological polar surface area (TPSA) is 261 Å². The number of carbonyl (C=O) groups excluding carboxylic acids is 7. The maximum Gasteiger partial charge on any atom is 0.308 e. The van der Waals surface area contributed by atoms with Crippen LogP contribution in [0.5, 0.6) is 5.75 Å². The van der Waals surface area contributed by atoms with Crippen LogP contribution in [0.1, 0.15) is 113 Å². The Kier molecular flexibility index (Phi) is 28.8. The molecule has 0 spiro atoms. The minimum atomic E-state index is -2.56. The molecule has 0 aromatic heterocycles. The molecule has 0 fully saturated rings. The van der Waals surface area contributed by atoms with Crippen LogP contribution in [0.25, 0.3) is 0 Å². The molecular formula is C72H96N6O13Si. The Labute approximate surface area is 544 Å². The highest BCUT2D eigenvalue weighted by molar-refractivity contribution is 7.10. The Morgan fingerprint density at radius 3 is 1.26 bits per heavy atom. The van der Waals surface area contributed by atoms with E-state index in [0.29, 0.717) is 30.1 Å². The molecule has 0 saturated carbocycles. The third-order valence-electron chi connectivity index (χ3n) is 14.1. The van der Waals surface area contributed by atoms with Crippen molar-refractivity contribution in [2.24, 2.45) is 5.73 Å². The molecule has 0 aliphatic heterocycles. The zero-order chi connectivity index (χ0) is 67.5. The van der Waals surface area contributed by atoms with Crippen molar-refractivity contribution in [2.75, 3.05) is 46.2 Å². The third kappa shape index (κ3) is 26.2. The average Bonchev–Trinajstić information content (AvgIpc) is 0.752. The summed E-state index contributed by atoms with van der Waals surface area (Å²) in [5.41, 5.74) is 9.75. The van der Waals surface area contributed by atoms with E-state index in [4.69, 9.17) is 34.2 Å². The third-order valence-corrected chi connectivity index (χ3v) is 19.3. The first-order valence-electron chi connectivity index (χ1n) is 31.3. The Morgan fingerprint density at radius 1 is 0.435 bits per heavy atom. The summed E-state index contributed by atoms with van der Waals surface area (Å²) >= 11 is 0. The summed E-state index contributed by atoms with van der Waals surface area (Å²) in [5, 5.41) is 15.8. The largest absolute Gasteiger partial charge is 0.488 e. The van der Waals surface area contributed by atoms with Crippen LogP contribution < -0.4 is 47.4 Å². The Bertz CT molecular complexity index is 3170. The Morgan fingerprint density at radius 2 is 0.815 bits per heavy atom. The van der Waals surface area contributed by atoms with Crippen LogP contribution >= 0.6 is 0 Å². The molecule has 20 heteroatoms. The molecular weight excluding hydrogens is 1180 g/mol. The van der Waals surface area contributed by atoms with Crippen LogP contribution in [0.15, 0.2) is 146 Å². The van der Waals surface area contributed by atoms with Gasteiger partial charge in [-0.1, -0.05) is 160 Å². The molecule has 7 N–H and O–H groups in total. The number of ether oxygens (including phenoxy) is 6. The molecule has 5 amide bonds. The van der Waals surface area contributed by atoms with Crippen LogP contribution in [-0.2, 0) is 76.5 Å². The molecule has 5 atom stereocenters. The second kappa shape index (κ2) is 35.6. The quantitative estimate of drug-likeness (QED) is 0.0118. The van der Waals surface area contributed by atoms with Crippen molar-refractivity contribution in [1.82, 2.24) is 26.6 Å². The van der Waals surface area contributed by atoms with E-state index < -0.39 is 109 Å². The highest BCUT2D eigenvalue weighted by Crippen LogP contribution is 2.35. The molecule has 0 bridgehead atoms. The smallest absolute Gasteiger partial charge is 0.308 e. The summed E-state index contributed by atoms with van der Waals surface area (Å²) in [4.78, 5) is 98.8. The number of amides is 5. The van der Waals surface area contributed by atoms with Crippen LogP contribution in [0.4, 0.5) is 0 Å². The van der Waals surface area contributed by atoms with Gasteiger partial charge in [0.15, 0.2) is 0 Å². The molecule has 0 radical (unpaired) electrons. The first-order chi connectivity index (χ1) is 43.4. The highest BCUT2D eigenvalue weighted by Gasteiger charge is 2.47. The van der Waals surface area contributed by atoms with Crippen LogP contribution in [-0.4, -0.2) is 143 Å². The molecule has 19 nitrogen and oxygen atoms in total. The lowest BCUT2D eigenvalue weighted by atomic mass is 10.0. The molecule has 92 heavy (non-hydrogen) atoms. The maximum absolute atomic E-state index is 14.8. The van der Waals surface area contributed by atoms with Gasteiger partial charge in [0.1, 0.15) is 53.3 Å². The van der Waals surface area contributed by atoms with Crippen LogP contribution in [0.2, 0.25) is 5.04 Å². The number of hydrogen-bond donors (Lipinski definition) is 6. The fourth-order valence-corrected chi connectivity index (χ4v) is 14.4. The molecule has 0 heterocycles. The molecule has 0 aliphatic carbocycles. The van der Waals surface area contributed by atoms with Gasteiger partial charge in [-0.15, -0.1) is 5.54 Å². The fraction of sp³-hybridized carbons (Fsp3) is 0.458. The molecule has 1 unspecified atom stereocenters. The van der Waals surface area contributed by atoms with E-state index in [-0.39, 0.29) is 57.3 Å². The minimum Gasteiger partial charge on any atom is -0.488 e. The first kappa shape index (κ1) is 74.5. The summed E-state index contributed by atoms with van der Waals surface area (Å²) in [6.07, 6.45) is -1.33. The zero-order valence-electron chi connectivity index (χ0n) is 55.6. The summed E-state index contributed by atoms with van der Waals surface area (Å²) in [6, 6.07) is 38.9. The van der Waals surface area contributed by atoms with Gasteiger partial charge in [0.2, 0.25) is 37.6 Å². The first-order valence-corrected chi connectivity index (χ1v) is 33.3. The number of nitrogens with one attached hydrogen (secondary N) is 5. The van der Waals surface area contributed by atoms with Crippen molar-refractivity contribution < 1.29 is 62.0 Å². The molecule has 5 aromatic carbocycles. The van der Waals surface area contributed by atoms with Crippen molar-refractivity contribution in [1.29, 1.82) is 0 Å². The van der Waals surface area contributed by atoms with E-state index in [0.717, 1.165) is 5.56 Å². The van der Waals surface area contributed by atoms with E-state index >= 15 is 0 Å². The monoisotopic (exact) mass is 1280 g/mol. The summed E-state index contributed by atoms with van der Waals surface area (Å²) in [6.45, 7) is 23.6. The lowest BCUT2D eigenvalue weighted by Crippen LogP contribution is -2.63. The van der Waals surface area contributed by atoms with E-state index in [1.54, 1.807) is 96.1 Å². The van der Waals surface area contributed by atoms with Gasteiger partial charge >= 0.3 is 11.9 Å². The predicted octanol–water partition coefficient (Wildman–Crippen LogP) is 6.39. The van der Waals surface area contributed by atoms with Crippen molar-refractivity contribution in [3.05, 3.63) is 162 Å². The maximum atomic E-state index is 14.8. The van der Waals surface area contributed by atoms with Gasteiger partial charge in [-0.3, -0.25) is 33.6 Å². The number of hydrogen-bond acceptors (Lipinski definition) is 14. The molecule has 0 aliphatic rings. The summed E-state index contributed by atoms with van der Waals surface area (Å²) in [5.74, 6) is -1.88. The Hall–Kier alpha value is -8.19. The number of esters is 2. The average molecular weight is 1280 g/mol. The standard InChI is InChI=1S/C72H96N6O13Si/c1-69(2,3)89-54-36-34-53(35-37-54)48-58(75-64(81)57(73)46-51-26-17-13-18-27-51)66(83)76-59(47-52-28-19-14-20-29-52)67(84)78-61(50-63(80)91-71(7,8)9)68(85)77-60(49-62(79)90-70(4,5)6)65(82)74-38-40-87-42-44-88-43-41-86-39-25-45-92(72(10,11)12,55-30-21-15-22-31-55)56-32-23-16-24-33-56/h13-24,26-37,57-61H,38-44,46-50,73H2,1-12H3,(H,74,82)(H,75,81)(H,76,83)(H,77,85)(H,78,84)/t57-,58?,59-,60-,61-/m0/s1. The normalized spacial score (nSPS) is 13.5. The molecule has 5 rings (SSSR count). The van der Waals surface area contributed by atoms with Crippen LogP contribution in [0.3, 0.4) is 0 Å². The van der Waals surface area contributed by atoms with Crippen LogP contribution in [0, 0.1) is 11.5 Å². The van der Waals surface area contributed by atoms with Crippen molar-refractivity contribution >= 4 is 59.9 Å². The van der Waals surface area contributed by atoms with Crippen molar-refractivity contribution in [3.63, 3.8) is 0 Å². The van der Waals surface area contributed by atoms with E-state index in [2.05, 4.69) is 107 Å². The van der Waals surface area contributed by atoms with Crippen molar-refractivity contribution in [3.8, 4) is 17.2 Å². The van der Waals surface area contributed by atoms with Crippen molar-refractivity contribution in [2.45, 2.75) is 167 Å². The predicted molar refractivity (Wildman–Crippen MR) is 358 cm³/mol. The number of rotatable bonds is 32. The molecule has 496 valence electrons. The lowest BCUT2D eigenvalue weighted by molar-refractivity contribution is -0.158. The van der Waals surface area contributed by atoms with Gasteiger partial charge in [-0.25, -0.2) is 0 Å². The van der Waals surface area contributed by atoms with Gasteiger partial charge in [-0.05, 0) is 113 Å². The zero-order valence-corrected chi connectivity index (χ0v) is 56.6. The highest BCUT2D eigenvalue weighted by atomic mass is 28.3. The van der Waals surface area contributed by atoms with Gasteiger partial charge in [0.25, 0.3) is 0 Å². The molecule has 5 aromatic rings. The van der Waals surface area contributed by atoms with E-state index in [1.165, 1.54) is 10.4 Å². The molecule has 0 saturated heterocycles. The van der Waals surface area contributed by atoms with Gasteiger partial charge in [0, 0.05) is 19.4 Å². The number of carbonyl (C=O) groups is 7. The second-order valence-corrected chi connectivity index (χ2v) is 30.9. The second-order valence-electron chi connectivity index (χ2n) is 26.5. The van der Waals surface area contributed by atoms with Gasteiger partial charge < -0.3 is 60.7 Å². The van der Waals surface area contributed by atoms with E-state index in [1.807, 2.05) is 63.2 Å². The van der Waals surface area contributed by atoms with E-state index in [9.17, 15) is 33.6 Å². The number of benzene rings is 5. The SMILES string of the molecule is CC(C)(C)OC(=O)C[C@H](NC(=O)[C@H](CC(=O)OC(C)(C)C)NC(=O)[C@H](Cc1ccccc1)NC(=O)C(Cc1ccc(OC(C)(C)C)cc1)NC(=O)[C@@H](N)Cc1ccccc1)C(=O)NCCOCCOCCOCC#C[Si](c1ccccc1)(c1ccccc1)C(C)(C)C. The fourth-order valence-electron chi connectivity index (χ4n) is 9.97. The lowest BCUT2D eigenvalue weighted by Gasteiger charge is -2.39. The number of nitrogens with two attached hydrogens (primary N) is 1. The minimum absolute atomic E-state index is 0.0318. The van der Waals surface area contributed by atoms with Gasteiger partial charge in [0.05, 0.1) is 51.9 Å². The summed E-state index contributed by atoms with van der Waals surface area (Å²) in [7, 11) is -2.56. The summed E-state index contributed by atoms with van der Waals surface area (Å²) < 4.78 is 34.5.